The first-order chi connectivity index (χ1) is 8.15. The molecular weight excluding hydrogens is 218 g/mol. The highest BCUT2D eigenvalue weighted by Gasteiger charge is 2.13. The highest BCUT2D eigenvalue weighted by molar-refractivity contribution is 5.93. The van der Waals surface area contributed by atoms with Crippen LogP contribution in [0.2, 0.25) is 0 Å². The van der Waals surface area contributed by atoms with E-state index in [2.05, 4.69) is 23.6 Å². The second kappa shape index (κ2) is 4.57. The maximum Gasteiger partial charge on any atom is 0.337 e. The number of oxazole rings is 1. The van der Waals surface area contributed by atoms with Crippen LogP contribution in [0, 0.1) is 0 Å². The Balaban J connectivity index is 2.44. The number of benzene rings is 1. The van der Waals surface area contributed by atoms with Gasteiger partial charge in [0.05, 0.1) is 12.7 Å². The number of nitrogens with zero attached hydrogens (tertiary/aromatic N) is 1. The molecule has 0 fully saturated rings. The molecule has 0 saturated carbocycles. The summed E-state index contributed by atoms with van der Waals surface area (Å²) in [4.78, 5) is 15.8. The number of aromatic nitrogens is 1. The first kappa shape index (κ1) is 11.6. The summed E-state index contributed by atoms with van der Waals surface area (Å²) in [6.45, 7) is 4.14. The minimum Gasteiger partial charge on any atom is -0.465 e. The fourth-order valence-corrected chi connectivity index (χ4v) is 1.57. The van der Waals surface area contributed by atoms with E-state index in [4.69, 9.17) is 4.42 Å². The van der Waals surface area contributed by atoms with E-state index in [1.807, 2.05) is 0 Å². The van der Waals surface area contributed by atoms with Gasteiger partial charge < -0.3 is 9.15 Å². The van der Waals surface area contributed by atoms with Crippen LogP contribution in [-0.2, 0) is 4.74 Å². The summed E-state index contributed by atoms with van der Waals surface area (Å²) >= 11 is 0. The number of fused-ring (bicyclic) bond motifs is 1. The van der Waals surface area contributed by atoms with Crippen molar-refractivity contribution in [2.45, 2.75) is 26.2 Å². The van der Waals surface area contributed by atoms with Crippen molar-refractivity contribution in [3.8, 4) is 0 Å². The standard InChI is InChI=1S/C13H15NO3/c1-4-8(2)12-14-10-6-5-9(13(15)16-3)7-11(10)17-12/h5-8H,4H2,1-3H3. The zero-order chi connectivity index (χ0) is 12.4. The molecule has 0 aliphatic rings. The van der Waals surface area contributed by atoms with Crippen molar-refractivity contribution in [3.63, 3.8) is 0 Å². The van der Waals surface area contributed by atoms with E-state index < -0.39 is 0 Å². The molecule has 2 aromatic rings. The SMILES string of the molecule is CCC(C)c1nc2ccc(C(=O)OC)cc2o1. The summed E-state index contributed by atoms with van der Waals surface area (Å²) < 4.78 is 10.3. The van der Waals surface area contributed by atoms with Crippen molar-refractivity contribution in [1.29, 1.82) is 0 Å². The van der Waals surface area contributed by atoms with Crippen LogP contribution in [-0.4, -0.2) is 18.1 Å². The normalized spacial score (nSPS) is 12.6. The lowest BCUT2D eigenvalue weighted by atomic mass is 10.1. The van der Waals surface area contributed by atoms with E-state index in [1.54, 1.807) is 18.2 Å². The number of ether oxygens (including phenoxy) is 1. The summed E-state index contributed by atoms with van der Waals surface area (Å²) in [5.41, 5.74) is 1.88. The second-order valence-corrected chi connectivity index (χ2v) is 4.04. The largest absolute Gasteiger partial charge is 0.465 e. The minimum atomic E-state index is -0.367. The minimum absolute atomic E-state index is 0.281. The smallest absolute Gasteiger partial charge is 0.337 e. The Hall–Kier alpha value is -1.84. The monoisotopic (exact) mass is 233 g/mol. The maximum atomic E-state index is 11.4. The van der Waals surface area contributed by atoms with Crippen molar-refractivity contribution >= 4 is 17.1 Å². The molecule has 0 aliphatic heterocycles. The predicted molar refractivity (Wildman–Crippen MR) is 64.1 cm³/mol. The van der Waals surface area contributed by atoms with Gasteiger partial charge in [0.15, 0.2) is 11.5 Å². The van der Waals surface area contributed by atoms with E-state index in [-0.39, 0.29) is 11.9 Å². The average molecular weight is 233 g/mol. The van der Waals surface area contributed by atoms with Gasteiger partial charge in [0.2, 0.25) is 0 Å². The molecule has 4 heteroatoms. The third-order valence-corrected chi connectivity index (χ3v) is 2.86. The van der Waals surface area contributed by atoms with Crippen LogP contribution < -0.4 is 0 Å². The Morgan fingerprint density at radius 3 is 2.94 bits per heavy atom. The number of methoxy groups -OCH3 is 1. The van der Waals surface area contributed by atoms with Gasteiger partial charge in [0.25, 0.3) is 0 Å². The van der Waals surface area contributed by atoms with E-state index in [0.29, 0.717) is 17.0 Å². The molecule has 0 aliphatic carbocycles. The summed E-state index contributed by atoms with van der Waals surface area (Å²) in [7, 11) is 1.36. The Morgan fingerprint density at radius 2 is 2.29 bits per heavy atom. The fraction of sp³-hybridized carbons (Fsp3) is 0.385. The lowest BCUT2D eigenvalue weighted by Gasteiger charge is -1.99. The van der Waals surface area contributed by atoms with Gasteiger partial charge in [-0.15, -0.1) is 0 Å². The van der Waals surface area contributed by atoms with Crippen molar-refractivity contribution in [2.75, 3.05) is 7.11 Å². The van der Waals surface area contributed by atoms with Crippen LogP contribution >= 0.6 is 0 Å². The number of hydrogen-bond donors (Lipinski definition) is 0. The summed E-state index contributed by atoms with van der Waals surface area (Å²) in [6, 6.07) is 5.13. The molecule has 0 radical (unpaired) electrons. The molecule has 0 N–H and O–H groups in total. The molecule has 1 unspecified atom stereocenters. The third kappa shape index (κ3) is 2.16. The zero-order valence-corrected chi connectivity index (χ0v) is 10.2. The van der Waals surface area contributed by atoms with Crippen molar-refractivity contribution < 1.29 is 13.9 Å². The molecule has 1 aromatic heterocycles. The van der Waals surface area contributed by atoms with Crippen molar-refractivity contribution in [1.82, 2.24) is 4.98 Å². The van der Waals surface area contributed by atoms with Crippen LogP contribution in [0.5, 0.6) is 0 Å². The van der Waals surface area contributed by atoms with E-state index in [9.17, 15) is 4.79 Å². The van der Waals surface area contributed by atoms with Crippen LogP contribution in [0.4, 0.5) is 0 Å². The second-order valence-electron chi connectivity index (χ2n) is 4.04. The molecule has 0 amide bonds. The van der Waals surface area contributed by atoms with Gasteiger partial charge >= 0.3 is 5.97 Å². The number of rotatable bonds is 3. The number of esters is 1. The van der Waals surface area contributed by atoms with Gasteiger partial charge in [-0.25, -0.2) is 9.78 Å². The molecule has 1 aromatic carbocycles. The molecule has 0 saturated heterocycles. The van der Waals surface area contributed by atoms with Gasteiger partial charge in [-0.05, 0) is 24.6 Å². The number of hydrogen-bond acceptors (Lipinski definition) is 4. The molecule has 90 valence electrons. The average Bonchev–Trinajstić information content (AvgIpc) is 2.79. The van der Waals surface area contributed by atoms with Crippen molar-refractivity contribution in [2.24, 2.45) is 0 Å². The maximum absolute atomic E-state index is 11.4. The molecular formula is C13H15NO3. The summed E-state index contributed by atoms with van der Waals surface area (Å²) in [6.07, 6.45) is 0.969. The lowest BCUT2D eigenvalue weighted by molar-refractivity contribution is 0.0601. The number of carbonyl (C=O) groups is 1. The van der Waals surface area contributed by atoms with Crippen LogP contribution in [0.15, 0.2) is 22.6 Å². The topological polar surface area (TPSA) is 52.3 Å². The first-order valence-electron chi connectivity index (χ1n) is 5.64. The third-order valence-electron chi connectivity index (χ3n) is 2.86. The lowest BCUT2D eigenvalue weighted by Crippen LogP contribution is -2.00. The van der Waals surface area contributed by atoms with Gasteiger partial charge in [0, 0.05) is 5.92 Å². The van der Waals surface area contributed by atoms with E-state index in [0.717, 1.165) is 11.9 Å². The quantitative estimate of drug-likeness (QED) is 0.764. The summed E-state index contributed by atoms with van der Waals surface area (Å²) in [5.74, 6) is 0.627. The highest BCUT2D eigenvalue weighted by atomic mass is 16.5. The molecule has 4 nitrogen and oxygen atoms in total. The van der Waals surface area contributed by atoms with E-state index >= 15 is 0 Å². The van der Waals surface area contributed by atoms with Gasteiger partial charge in [-0.3, -0.25) is 0 Å². The molecule has 1 atom stereocenters. The van der Waals surface area contributed by atoms with Gasteiger partial charge in [-0.2, -0.15) is 0 Å². The zero-order valence-electron chi connectivity index (χ0n) is 10.2. The first-order valence-corrected chi connectivity index (χ1v) is 5.64. The van der Waals surface area contributed by atoms with E-state index in [1.165, 1.54) is 7.11 Å². The Bertz CT molecular complexity index is 545. The Morgan fingerprint density at radius 1 is 1.53 bits per heavy atom. The van der Waals surface area contributed by atoms with Crippen LogP contribution in [0.1, 0.15) is 42.4 Å². The van der Waals surface area contributed by atoms with Crippen molar-refractivity contribution in [3.05, 3.63) is 29.7 Å². The van der Waals surface area contributed by atoms with Crippen LogP contribution in [0.3, 0.4) is 0 Å². The van der Waals surface area contributed by atoms with Gasteiger partial charge in [0.1, 0.15) is 5.52 Å². The molecule has 17 heavy (non-hydrogen) atoms. The van der Waals surface area contributed by atoms with Gasteiger partial charge in [-0.1, -0.05) is 13.8 Å². The Kier molecular flexibility index (Phi) is 3.13. The number of carbonyl (C=O) groups excluding carboxylic acids is 1. The summed E-state index contributed by atoms with van der Waals surface area (Å²) in [5, 5.41) is 0. The fourth-order valence-electron chi connectivity index (χ4n) is 1.57. The predicted octanol–water partition coefficient (Wildman–Crippen LogP) is 3.13. The highest BCUT2D eigenvalue weighted by Crippen LogP contribution is 2.24. The molecule has 1 heterocycles. The Labute approximate surface area is 99.6 Å². The molecule has 0 spiro atoms. The molecule has 2 rings (SSSR count). The van der Waals surface area contributed by atoms with Crippen LogP contribution in [0.25, 0.3) is 11.1 Å². The molecule has 0 bridgehead atoms.